The van der Waals surface area contributed by atoms with Gasteiger partial charge in [-0.3, -0.25) is 4.79 Å². The molecule has 0 radical (unpaired) electrons. The lowest BCUT2D eigenvalue weighted by atomic mass is 10.0. The van der Waals surface area contributed by atoms with Gasteiger partial charge in [0.25, 0.3) is 0 Å². The summed E-state index contributed by atoms with van der Waals surface area (Å²) in [7, 11) is 1.95. The minimum atomic E-state index is 0.241. The molecule has 1 atom stereocenters. The Balaban J connectivity index is 1.86. The lowest BCUT2D eigenvalue weighted by Crippen LogP contribution is -2.42. The minimum Gasteiger partial charge on any atom is -0.339 e. The lowest BCUT2D eigenvalue weighted by molar-refractivity contribution is -0.131. The predicted molar refractivity (Wildman–Crippen MR) is 69.0 cm³/mol. The number of piperidine rings is 1. The quantitative estimate of drug-likeness (QED) is 0.772. The summed E-state index contributed by atoms with van der Waals surface area (Å²) in [5, 5.41) is 0.906. The number of carbonyl (C=O) groups excluding carboxylic acids is 1. The zero-order chi connectivity index (χ0) is 12.3. The van der Waals surface area contributed by atoms with E-state index in [1.165, 1.54) is 18.2 Å². The molecule has 0 aliphatic carbocycles. The van der Waals surface area contributed by atoms with Gasteiger partial charge in [0, 0.05) is 32.0 Å². The van der Waals surface area contributed by atoms with Crippen molar-refractivity contribution in [2.24, 2.45) is 7.05 Å². The molecule has 94 valence electrons. The number of amides is 1. The number of aryl methyl sites for hydroxylation is 1. The minimum absolute atomic E-state index is 0.241. The van der Waals surface area contributed by atoms with E-state index in [9.17, 15) is 4.79 Å². The molecule has 4 nitrogen and oxygen atoms in total. The van der Waals surface area contributed by atoms with E-state index in [0.29, 0.717) is 11.8 Å². The molecule has 0 saturated carbocycles. The van der Waals surface area contributed by atoms with Crippen LogP contribution < -0.4 is 0 Å². The van der Waals surface area contributed by atoms with Gasteiger partial charge in [-0.25, -0.2) is 4.98 Å². The van der Waals surface area contributed by atoms with E-state index >= 15 is 0 Å². The van der Waals surface area contributed by atoms with Crippen molar-refractivity contribution >= 4 is 17.7 Å². The van der Waals surface area contributed by atoms with Gasteiger partial charge in [0.05, 0.1) is 5.75 Å². The van der Waals surface area contributed by atoms with E-state index in [-0.39, 0.29) is 5.91 Å². The third kappa shape index (κ3) is 3.03. The van der Waals surface area contributed by atoms with E-state index in [1.54, 1.807) is 6.20 Å². The standard InChI is InChI=1S/C12H19N3OS/c1-10-5-3-4-7-15(10)11(16)9-17-12-13-6-8-14(12)2/h6,8,10H,3-5,7,9H2,1-2H3. The number of thioether (sulfide) groups is 1. The summed E-state index contributed by atoms with van der Waals surface area (Å²) in [5.74, 6) is 0.736. The Bertz CT molecular complexity index is 391. The van der Waals surface area contributed by atoms with E-state index in [0.717, 1.165) is 24.5 Å². The number of aromatic nitrogens is 2. The summed E-state index contributed by atoms with van der Waals surface area (Å²) in [6, 6.07) is 0.401. The van der Waals surface area contributed by atoms with Crippen molar-refractivity contribution in [1.29, 1.82) is 0 Å². The fraction of sp³-hybridized carbons (Fsp3) is 0.667. The van der Waals surface area contributed by atoms with Gasteiger partial charge in [-0.1, -0.05) is 11.8 Å². The van der Waals surface area contributed by atoms with Crippen LogP contribution >= 0.6 is 11.8 Å². The van der Waals surface area contributed by atoms with Crippen LogP contribution in [0.15, 0.2) is 17.6 Å². The Hall–Kier alpha value is -0.970. The van der Waals surface area contributed by atoms with Crippen LogP contribution in [0.3, 0.4) is 0 Å². The average molecular weight is 253 g/mol. The topological polar surface area (TPSA) is 38.1 Å². The predicted octanol–water partition coefficient (Wildman–Crippen LogP) is 1.91. The van der Waals surface area contributed by atoms with Crippen molar-refractivity contribution in [3.8, 4) is 0 Å². The molecule has 1 unspecified atom stereocenters. The van der Waals surface area contributed by atoms with Gasteiger partial charge >= 0.3 is 0 Å². The van der Waals surface area contributed by atoms with Gasteiger partial charge < -0.3 is 9.47 Å². The summed E-state index contributed by atoms with van der Waals surface area (Å²) >= 11 is 1.52. The Morgan fingerprint density at radius 3 is 3.06 bits per heavy atom. The molecule has 1 aliphatic heterocycles. The summed E-state index contributed by atoms with van der Waals surface area (Å²) in [5.41, 5.74) is 0. The van der Waals surface area contributed by atoms with Gasteiger partial charge in [0.15, 0.2) is 5.16 Å². The van der Waals surface area contributed by atoms with Crippen molar-refractivity contribution in [2.45, 2.75) is 37.4 Å². The average Bonchev–Trinajstić information content (AvgIpc) is 2.72. The highest BCUT2D eigenvalue weighted by atomic mass is 32.2. The molecule has 0 bridgehead atoms. The van der Waals surface area contributed by atoms with Crippen LogP contribution in [0.2, 0.25) is 0 Å². The van der Waals surface area contributed by atoms with Gasteiger partial charge in [0.1, 0.15) is 0 Å². The van der Waals surface area contributed by atoms with Crippen LogP contribution in [0, 0.1) is 0 Å². The number of imidazole rings is 1. The van der Waals surface area contributed by atoms with Gasteiger partial charge in [-0.15, -0.1) is 0 Å². The number of hydrogen-bond donors (Lipinski definition) is 0. The molecule has 1 amide bonds. The van der Waals surface area contributed by atoms with Crippen LogP contribution in [0.5, 0.6) is 0 Å². The molecule has 1 aliphatic rings. The molecule has 17 heavy (non-hydrogen) atoms. The Kier molecular flexibility index (Phi) is 4.10. The fourth-order valence-electron chi connectivity index (χ4n) is 2.17. The van der Waals surface area contributed by atoms with Crippen molar-refractivity contribution in [2.75, 3.05) is 12.3 Å². The van der Waals surface area contributed by atoms with Crippen molar-refractivity contribution in [3.05, 3.63) is 12.4 Å². The van der Waals surface area contributed by atoms with E-state index < -0.39 is 0 Å². The molecular weight excluding hydrogens is 234 g/mol. The van der Waals surface area contributed by atoms with Gasteiger partial charge in [0.2, 0.25) is 5.91 Å². The molecule has 2 rings (SSSR count). The molecule has 5 heteroatoms. The molecular formula is C12H19N3OS. The fourth-order valence-corrected chi connectivity index (χ4v) is 2.99. The molecule has 2 heterocycles. The largest absolute Gasteiger partial charge is 0.339 e. The van der Waals surface area contributed by atoms with Crippen molar-refractivity contribution in [3.63, 3.8) is 0 Å². The molecule has 1 aromatic rings. The zero-order valence-corrected chi connectivity index (χ0v) is 11.2. The van der Waals surface area contributed by atoms with Crippen LogP contribution in [0.1, 0.15) is 26.2 Å². The summed E-state index contributed by atoms with van der Waals surface area (Å²) in [4.78, 5) is 18.3. The Morgan fingerprint density at radius 1 is 1.59 bits per heavy atom. The molecule has 0 spiro atoms. The number of hydrogen-bond acceptors (Lipinski definition) is 3. The zero-order valence-electron chi connectivity index (χ0n) is 10.4. The second-order valence-electron chi connectivity index (χ2n) is 4.54. The van der Waals surface area contributed by atoms with E-state index in [4.69, 9.17) is 0 Å². The van der Waals surface area contributed by atoms with Gasteiger partial charge in [-0.2, -0.15) is 0 Å². The van der Waals surface area contributed by atoms with E-state index in [1.807, 2.05) is 22.7 Å². The summed E-state index contributed by atoms with van der Waals surface area (Å²) in [6.07, 6.45) is 7.19. The lowest BCUT2D eigenvalue weighted by Gasteiger charge is -2.33. The van der Waals surface area contributed by atoms with E-state index in [2.05, 4.69) is 11.9 Å². The van der Waals surface area contributed by atoms with Crippen molar-refractivity contribution in [1.82, 2.24) is 14.5 Å². The second kappa shape index (κ2) is 5.58. The molecule has 1 fully saturated rings. The third-order valence-corrected chi connectivity index (χ3v) is 4.27. The first kappa shape index (κ1) is 12.5. The number of carbonyl (C=O) groups is 1. The number of likely N-dealkylation sites (tertiary alicyclic amines) is 1. The molecule has 1 aromatic heterocycles. The maximum atomic E-state index is 12.1. The van der Waals surface area contributed by atoms with Crippen LogP contribution in [0.25, 0.3) is 0 Å². The smallest absolute Gasteiger partial charge is 0.233 e. The highest BCUT2D eigenvalue weighted by Gasteiger charge is 2.23. The summed E-state index contributed by atoms with van der Waals surface area (Å²) in [6.45, 7) is 3.06. The molecule has 0 aromatic carbocycles. The van der Waals surface area contributed by atoms with Crippen LogP contribution in [0.4, 0.5) is 0 Å². The second-order valence-corrected chi connectivity index (χ2v) is 5.48. The Labute approximate surface area is 106 Å². The monoisotopic (exact) mass is 253 g/mol. The van der Waals surface area contributed by atoms with Crippen LogP contribution in [-0.2, 0) is 11.8 Å². The number of rotatable bonds is 3. The molecule has 0 N–H and O–H groups in total. The van der Waals surface area contributed by atoms with Crippen molar-refractivity contribution < 1.29 is 4.79 Å². The maximum Gasteiger partial charge on any atom is 0.233 e. The summed E-state index contributed by atoms with van der Waals surface area (Å²) < 4.78 is 1.94. The first-order chi connectivity index (χ1) is 8.18. The first-order valence-electron chi connectivity index (χ1n) is 6.08. The van der Waals surface area contributed by atoms with Crippen LogP contribution in [-0.4, -0.2) is 38.7 Å². The third-order valence-electron chi connectivity index (χ3n) is 3.23. The normalized spacial score (nSPS) is 20.6. The van der Waals surface area contributed by atoms with Gasteiger partial charge in [-0.05, 0) is 26.2 Å². The Morgan fingerprint density at radius 2 is 2.41 bits per heavy atom. The SMILES string of the molecule is CC1CCCCN1C(=O)CSc1nccn1C. The molecule has 1 saturated heterocycles. The maximum absolute atomic E-state index is 12.1. The first-order valence-corrected chi connectivity index (χ1v) is 7.06. The highest BCUT2D eigenvalue weighted by Crippen LogP contribution is 2.20. The number of nitrogens with zero attached hydrogens (tertiary/aromatic N) is 3. The highest BCUT2D eigenvalue weighted by molar-refractivity contribution is 7.99.